The van der Waals surface area contributed by atoms with Crippen LogP contribution in [-0.4, -0.2) is 27.0 Å². The number of hydrogen-bond acceptors (Lipinski definition) is 4. The van der Waals surface area contributed by atoms with Gasteiger partial charge in [0.2, 0.25) is 0 Å². The molecule has 0 aliphatic rings. The van der Waals surface area contributed by atoms with Gasteiger partial charge in [-0.05, 0) is 37.1 Å². The molecule has 5 nitrogen and oxygen atoms in total. The largest absolute Gasteiger partial charge is 0.337 e. The second kappa shape index (κ2) is 9.32. The number of imidazole rings is 1. The molecular weight excluding hydrogens is 430 g/mol. The van der Waals surface area contributed by atoms with E-state index in [9.17, 15) is 13.6 Å². The molecule has 30 heavy (non-hydrogen) atoms. The highest BCUT2D eigenvalue weighted by Crippen LogP contribution is 2.31. The third-order valence-electron chi connectivity index (χ3n) is 4.60. The molecule has 0 atom stereocenters. The van der Waals surface area contributed by atoms with Crippen LogP contribution < -0.4 is 4.90 Å². The van der Waals surface area contributed by atoms with Crippen LogP contribution in [0, 0.1) is 18.6 Å². The average Bonchev–Trinajstić information content (AvgIpc) is 3.35. The molecule has 9 heteroatoms. The Morgan fingerprint density at radius 1 is 1.23 bits per heavy atom. The van der Waals surface area contributed by atoms with Gasteiger partial charge in [-0.1, -0.05) is 23.5 Å². The van der Waals surface area contributed by atoms with E-state index in [1.165, 1.54) is 22.3 Å². The van der Waals surface area contributed by atoms with Crippen molar-refractivity contribution in [2.45, 2.75) is 19.9 Å². The number of fused-ring (bicyclic) bond motifs is 1. The number of carbonyl (C=O) groups is 1. The van der Waals surface area contributed by atoms with Crippen molar-refractivity contribution in [2.24, 2.45) is 0 Å². The molecule has 1 amide bonds. The molecule has 0 saturated heterocycles. The van der Waals surface area contributed by atoms with Crippen LogP contribution in [0.5, 0.6) is 0 Å². The maximum absolute atomic E-state index is 14.3. The summed E-state index contributed by atoms with van der Waals surface area (Å²) in [6.45, 7) is 2.95. The summed E-state index contributed by atoms with van der Waals surface area (Å²) in [6, 6.07) is 8.81. The van der Waals surface area contributed by atoms with Crippen molar-refractivity contribution in [3.63, 3.8) is 0 Å². The number of amides is 1. The SMILES string of the molecule is Cc1cccc2sc(N(CCCn3ccnc3)C(=O)c3ccc(F)cc3F)nc12.Cl. The van der Waals surface area contributed by atoms with E-state index in [0.717, 1.165) is 27.9 Å². The maximum atomic E-state index is 14.3. The molecule has 0 radical (unpaired) electrons. The van der Waals surface area contributed by atoms with Gasteiger partial charge in [-0.25, -0.2) is 18.7 Å². The molecule has 0 fully saturated rings. The zero-order valence-corrected chi connectivity index (χ0v) is 17.7. The fourth-order valence-corrected chi connectivity index (χ4v) is 4.18. The predicted octanol–water partition coefficient (Wildman–Crippen LogP) is 5.24. The molecule has 0 spiro atoms. The van der Waals surface area contributed by atoms with Gasteiger partial charge in [0, 0.05) is 31.5 Å². The van der Waals surface area contributed by atoms with Crippen molar-refractivity contribution in [3.8, 4) is 0 Å². The van der Waals surface area contributed by atoms with Gasteiger partial charge in [-0.15, -0.1) is 12.4 Å². The smallest absolute Gasteiger partial charge is 0.263 e. The Bertz CT molecular complexity index is 1160. The molecule has 2 aromatic carbocycles. The number of aromatic nitrogens is 3. The molecule has 156 valence electrons. The van der Waals surface area contributed by atoms with Crippen LogP contribution in [0.1, 0.15) is 22.3 Å². The summed E-state index contributed by atoms with van der Waals surface area (Å²) in [6.07, 6.45) is 5.85. The standard InChI is InChI=1S/C21H18F2N4OS.ClH/c1-14-4-2-5-18-19(14)25-21(29-18)27(10-3-9-26-11-8-24-13-26)20(28)16-7-6-15(22)12-17(16)23;/h2,4-8,11-13H,3,9-10H2,1H3;1H. The van der Waals surface area contributed by atoms with Gasteiger partial charge >= 0.3 is 0 Å². The normalized spacial score (nSPS) is 10.8. The van der Waals surface area contributed by atoms with Gasteiger partial charge in [0.15, 0.2) is 5.13 Å². The van der Waals surface area contributed by atoms with Gasteiger partial charge in [0.1, 0.15) is 11.6 Å². The fourth-order valence-electron chi connectivity index (χ4n) is 3.11. The topological polar surface area (TPSA) is 51.0 Å². The fraction of sp³-hybridized carbons (Fsp3) is 0.190. The second-order valence-corrected chi connectivity index (χ2v) is 7.66. The Hall–Kier alpha value is -2.84. The van der Waals surface area contributed by atoms with Crippen molar-refractivity contribution in [1.29, 1.82) is 0 Å². The minimum Gasteiger partial charge on any atom is -0.337 e. The quantitative estimate of drug-likeness (QED) is 0.405. The van der Waals surface area contributed by atoms with Crippen LogP contribution >= 0.6 is 23.7 Å². The van der Waals surface area contributed by atoms with Gasteiger partial charge < -0.3 is 4.57 Å². The summed E-state index contributed by atoms with van der Waals surface area (Å²) in [5.74, 6) is -2.14. The lowest BCUT2D eigenvalue weighted by Gasteiger charge is -2.20. The highest BCUT2D eigenvalue weighted by molar-refractivity contribution is 7.22. The van der Waals surface area contributed by atoms with Crippen molar-refractivity contribution >= 4 is 45.0 Å². The lowest BCUT2D eigenvalue weighted by atomic mass is 10.1. The van der Waals surface area contributed by atoms with Gasteiger partial charge in [0.05, 0.1) is 22.1 Å². The van der Waals surface area contributed by atoms with Gasteiger partial charge in [-0.3, -0.25) is 9.69 Å². The third kappa shape index (κ3) is 4.49. The number of aryl methyl sites for hydroxylation is 2. The van der Waals surface area contributed by atoms with Crippen LogP contribution in [0.15, 0.2) is 55.1 Å². The molecule has 0 unspecified atom stereocenters. The first kappa shape index (κ1) is 21.9. The Morgan fingerprint density at radius 2 is 2.07 bits per heavy atom. The van der Waals surface area contributed by atoms with Crippen LogP contribution in [0.2, 0.25) is 0 Å². The number of thiazole rings is 1. The van der Waals surface area contributed by atoms with Gasteiger partial charge in [-0.2, -0.15) is 0 Å². The van der Waals surface area contributed by atoms with E-state index in [0.29, 0.717) is 24.6 Å². The molecule has 2 aromatic heterocycles. The van der Waals surface area contributed by atoms with E-state index in [4.69, 9.17) is 0 Å². The Labute approximate surface area is 182 Å². The van der Waals surface area contributed by atoms with Gasteiger partial charge in [0.25, 0.3) is 5.91 Å². The highest BCUT2D eigenvalue weighted by Gasteiger charge is 2.24. The Balaban J connectivity index is 0.00000256. The van der Waals surface area contributed by atoms with E-state index in [1.54, 1.807) is 12.5 Å². The summed E-state index contributed by atoms with van der Waals surface area (Å²) in [4.78, 5) is 23.2. The van der Waals surface area contributed by atoms with Crippen LogP contribution in [0.3, 0.4) is 0 Å². The number of para-hydroxylation sites is 1. The number of anilines is 1. The number of hydrogen-bond donors (Lipinski definition) is 0. The first-order chi connectivity index (χ1) is 14.0. The molecule has 0 N–H and O–H groups in total. The summed E-state index contributed by atoms with van der Waals surface area (Å²) < 4.78 is 30.4. The Kier molecular flexibility index (Phi) is 6.79. The summed E-state index contributed by atoms with van der Waals surface area (Å²) in [5, 5.41) is 0.494. The number of carbonyl (C=O) groups excluding carboxylic acids is 1. The average molecular weight is 449 g/mol. The van der Waals surface area contributed by atoms with E-state index in [1.807, 2.05) is 35.9 Å². The lowest BCUT2D eigenvalue weighted by molar-refractivity contribution is 0.0982. The highest BCUT2D eigenvalue weighted by atomic mass is 35.5. The first-order valence-corrected chi connectivity index (χ1v) is 9.93. The number of halogens is 3. The van der Waals surface area contributed by atoms with Crippen molar-refractivity contribution in [2.75, 3.05) is 11.4 Å². The minimum absolute atomic E-state index is 0. The molecule has 0 aliphatic carbocycles. The molecule has 4 rings (SSSR count). The monoisotopic (exact) mass is 448 g/mol. The third-order valence-corrected chi connectivity index (χ3v) is 5.65. The van der Waals surface area contributed by atoms with Crippen molar-refractivity contribution in [1.82, 2.24) is 14.5 Å². The van der Waals surface area contributed by atoms with Crippen molar-refractivity contribution < 1.29 is 13.6 Å². The van der Waals surface area contributed by atoms with E-state index < -0.39 is 17.5 Å². The van der Waals surface area contributed by atoms with Crippen LogP contribution in [0.4, 0.5) is 13.9 Å². The molecule has 0 aliphatic heterocycles. The lowest BCUT2D eigenvalue weighted by Crippen LogP contribution is -2.33. The number of rotatable bonds is 6. The second-order valence-electron chi connectivity index (χ2n) is 6.65. The van der Waals surface area contributed by atoms with Crippen LogP contribution in [0.25, 0.3) is 10.2 Å². The first-order valence-electron chi connectivity index (χ1n) is 9.12. The zero-order chi connectivity index (χ0) is 20.4. The van der Waals surface area contributed by atoms with Crippen molar-refractivity contribution in [3.05, 3.63) is 77.9 Å². The predicted molar refractivity (Wildman–Crippen MR) is 116 cm³/mol. The maximum Gasteiger partial charge on any atom is 0.263 e. The minimum atomic E-state index is -0.882. The van der Waals surface area contributed by atoms with E-state index in [-0.39, 0.29) is 18.0 Å². The number of nitrogens with zero attached hydrogens (tertiary/aromatic N) is 4. The number of benzene rings is 2. The Morgan fingerprint density at radius 3 is 2.77 bits per heavy atom. The summed E-state index contributed by atoms with van der Waals surface area (Å²) in [7, 11) is 0. The molecule has 2 heterocycles. The molecule has 0 saturated carbocycles. The van der Waals surface area contributed by atoms with E-state index >= 15 is 0 Å². The summed E-state index contributed by atoms with van der Waals surface area (Å²) in [5.41, 5.74) is 1.65. The van der Waals surface area contributed by atoms with Crippen LogP contribution in [-0.2, 0) is 6.54 Å². The molecule has 4 aromatic rings. The molecule has 0 bridgehead atoms. The summed E-state index contributed by atoms with van der Waals surface area (Å²) >= 11 is 1.38. The molecular formula is C21H19ClF2N4OS. The van der Waals surface area contributed by atoms with E-state index in [2.05, 4.69) is 9.97 Å². The zero-order valence-electron chi connectivity index (χ0n) is 16.1.